The summed E-state index contributed by atoms with van der Waals surface area (Å²) in [6.45, 7) is 6.23. The van der Waals surface area contributed by atoms with Crippen LogP contribution >= 0.6 is 15.9 Å². The first kappa shape index (κ1) is 13.2. The van der Waals surface area contributed by atoms with E-state index in [1.54, 1.807) is 0 Å². The van der Waals surface area contributed by atoms with E-state index in [1.807, 2.05) is 25.1 Å². The minimum absolute atomic E-state index is 0.741. The minimum Gasteiger partial charge on any atom is -0.399 e. The molecule has 3 rings (SSSR count). The molecule has 3 aromatic rings. The number of rotatable bonds is 1. The monoisotopic (exact) mass is 329 g/mol. The van der Waals surface area contributed by atoms with Crippen LogP contribution in [0.4, 0.5) is 5.69 Å². The molecule has 2 N–H and O–H groups in total. The second-order valence-electron chi connectivity index (χ2n) is 5.14. The van der Waals surface area contributed by atoms with Crippen molar-refractivity contribution in [2.75, 3.05) is 5.73 Å². The molecule has 0 saturated heterocycles. The van der Waals surface area contributed by atoms with Gasteiger partial charge in [0.05, 0.1) is 11.0 Å². The molecule has 0 fully saturated rings. The zero-order valence-corrected chi connectivity index (χ0v) is 13.3. The van der Waals surface area contributed by atoms with E-state index in [4.69, 9.17) is 5.73 Å². The van der Waals surface area contributed by atoms with Gasteiger partial charge in [0.25, 0.3) is 0 Å². The fraction of sp³-hybridized carbons (Fsp3) is 0.188. The molecule has 0 atom stereocenters. The van der Waals surface area contributed by atoms with E-state index in [1.165, 1.54) is 11.1 Å². The maximum atomic E-state index is 5.83. The Kier molecular flexibility index (Phi) is 3.05. The Morgan fingerprint density at radius 1 is 1.05 bits per heavy atom. The third kappa shape index (κ3) is 2.00. The molecule has 0 amide bonds. The van der Waals surface area contributed by atoms with Crippen molar-refractivity contribution in [3.8, 4) is 5.69 Å². The highest BCUT2D eigenvalue weighted by atomic mass is 79.9. The average molecular weight is 330 g/mol. The first-order valence-electron chi connectivity index (χ1n) is 6.49. The van der Waals surface area contributed by atoms with E-state index in [0.29, 0.717) is 0 Å². The highest BCUT2D eigenvalue weighted by molar-refractivity contribution is 9.10. The largest absolute Gasteiger partial charge is 0.399 e. The first-order chi connectivity index (χ1) is 9.47. The Morgan fingerprint density at radius 3 is 2.35 bits per heavy atom. The Labute approximate surface area is 126 Å². The molecular formula is C16H16BrN3. The van der Waals surface area contributed by atoms with Gasteiger partial charge in [-0.05, 0) is 62.2 Å². The summed E-state index contributed by atoms with van der Waals surface area (Å²) < 4.78 is 3.33. The van der Waals surface area contributed by atoms with E-state index in [0.717, 1.165) is 32.7 Å². The third-order valence-corrected chi connectivity index (χ3v) is 4.78. The van der Waals surface area contributed by atoms with Crippen LogP contribution in [0.25, 0.3) is 16.7 Å². The summed E-state index contributed by atoms with van der Waals surface area (Å²) in [4.78, 5) is 4.60. The predicted molar refractivity (Wildman–Crippen MR) is 87.4 cm³/mol. The molecule has 0 radical (unpaired) electrons. The second-order valence-corrected chi connectivity index (χ2v) is 5.93. The minimum atomic E-state index is 0.741. The van der Waals surface area contributed by atoms with Crippen molar-refractivity contribution in [3.05, 3.63) is 51.8 Å². The van der Waals surface area contributed by atoms with Crippen LogP contribution in [-0.4, -0.2) is 9.55 Å². The zero-order chi connectivity index (χ0) is 14.4. The number of hydrogen-bond acceptors (Lipinski definition) is 2. The van der Waals surface area contributed by atoms with Crippen molar-refractivity contribution in [1.82, 2.24) is 9.55 Å². The van der Waals surface area contributed by atoms with E-state index < -0.39 is 0 Å². The lowest BCUT2D eigenvalue weighted by Crippen LogP contribution is -1.99. The van der Waals surface area contributed by atoms with Crippen molar-refractivity contribution >= 4 is 32.7 Å². The molecule has 0 spiro atoms. The molecule has 0 aliphatic carbocycles. The number of hydrogen-bond donors (Lipinski definition) is 1. The van der Waals surface area contributed by atoms with Gasteiger partial charge in [0.15, 0.2) is 0 Å². The lowest BCUT2D eigenvalue weighted by Gasteiger charge is -2.11. The van der Waals surface area contributed by atoms with Gasteiger partial charge < -0.3 is 5.73 Å². The maximum absolute atomic E-state index is 5.83. The number of imidazole rings is 1. The molecule has 0 aliphatic rings. The Hall–Kier alpha value is -1.81. The molecular weight excluding hydrogens is 314 g/mol. The molecule has 1 heterocycles. The fourth-order valence-electron chi connectivity index (χ4n) is 2.60. The smallest absolute Gasteiger partial charge is 0.111 e. The number of aromatic nitrogens is 2. The summed E-state index contributed by atoms with van der Waals surface area (Å²) >= 11 is 3.61. The summed E-state index contributed by atoms with van der Waals surface area (Å²) in [5.41, 5.74) is 12.2. The van der Waals surface area contributed by atoms with Gasteiger partial charge in [0.1, 0.15) is 5.82 Å². The lowest BCUT2D eigenvalue weighted by molar-refractivity contribution is 0.995. The zero-order valence-electron chi connectivity index (χ0n) is 11.7. The van der Waals surface area contributed by atoms with Crippen LogP contribution in [0.2, 0.25) is 0 Å². The quantitative estimate of drug-likeness (QED) is 0.676. The van der Waals surface area contributed by atoms with Crippen molar-refractivity contribution in [2.24, 2.45) is 0 Å². The van der Waals surface area contributed by atoms with Crippen molar-refractivity contribution in [3.63, 3.8) is 0 Å². The number of aryl methyl sites for hydroxylation is 3. The molecule has 2 aromatic carbocycles. The fourth-order valence-corrected chi connectivity index (χ4v) is 2.82. The van der Waals surface area contributed by atoms with Gasteiger partial charge in [0, 0.05) is 15.8 Å². The van der Waals surface area contributed by atoms with Gasteiger partial charge >= 0.3 is 0 Å². The third-order valence-electron chi connectivity index (χ3n) is 3.53. The number of fused-ring (bicyclic) bond motifs is 1. The van der Waals surface area contributed by atoms with Gasteiger partial charge in [-0.25, -0.2) is 4.98 Å². The highest BCUT2D eigenvalue weighted by Gasteiger charge is 2.11. The van der Waals surface area contributed by atoms with Crippen molar-refractivity contribution < 1.29 is 0 Å². The second kappa shape index (κ2) is 4.63. The molecule has 3 nitrogen and oxygen atoms in total. The average Bonchev–Trinajstić information content (AvgIpc) is 2.70. The standard InChI is InChI=1S/C16H16BrN3/c1-9-6-13(7-10(2)16(9)17)20-11(3)19-14-8-12(18)4-5-15(14)20/h4-8H,18H2,1-3H3. The SMILES string of the molecule is Cc1cc(-n2c(C)nc3cc(N)ccc32)cc(C)c1Br. The van der Waals surface area contributed by atoms with Gasteiger partial charge in [-0.3, -0.25) is 4.57 Å². The molecule has 4 heteroatoms. The van der Waals surface area contributed by atoms with Crippen LogP contribution < -0.4 is 5.73 Å². The molecule has 0 aliphatic heterocycles. The Balaban J connectivity index is 2.32. The summed E-state index contributed by atoms with van der Waals surface area (Å²) in [7, 11) is 0. The van der Waals surface area contributed by atoms with Crippen LogP contribution in [0.5, 0.6) is 0 Å². The summed E-state index contributed by atoms with van der Waals surface area (Å²) in [5, 5.41) is 0. The summed E-state index contributed by atoms with van der Waals surface area (Å²) in [6.07, 6.45) is 0. The lowest BCUT2D eigenvalue weighted by atomic mass is 10.1. The summed E-state index contributed by atoms with van der Waals surface area (Å²) in [6, 6.07) is 10.2. The van der Waals surface area contributed by atoms with Crippen LogP contribution in [0.15, 0.2) is 34.8 Å². The van der Waals surface area contributed by atoms with Crippen LogP contribution in [0.1, 0.15) is 17.0 Å². The number of nitrogen functional groups attached to an aromatic ring is 1. The van der Waals surface area contributed by atoms with E-state index in [-0.39, 0.29) is 0 Å². The van der Waals surface area contributed by atoms with Crippen LogP contribution in [-0.2, 0) is 0 Å². The molecule has 0 unspecified atom stereocenters. The number of nitrogens with zero attached hydrogens (tertiary/aromatic N) is 2. The Morgan fingerprint density at radius 2 is 1.70 bits per heavy atom. The number of halogens is 1. The summed E-state index contributed by atoms with van der Waals surface area (Å²) in [5.74, 6) is 0.965. The van der Waals surface area contributed by atoms with Gasteiger partial charge in [-0.1, -0.05) is 15.9 Å². The van der Waals surface area contributed by atoms with Gasteiger partial charge in [0.2, 0.25) is 0 Å². The topological polar surface area (TPSA) is 43.8 Å². The highest BCUT2D eigenvalue weighted by Crippen LogP contribution is 2.28. The Bertz CT molecular complexity index is 795. The molecule has 1 aromatic heterocycles. The van der Waals surface area contributed by atoms with Gasteiger partial charge in [-0.2, -0.15) is 0 Å². The number of anilines is 1. The van der Waals surface area contributed by atoms with Crippen molar-refractivity contribution in [1.29, 1.82) is 0 Å². The van der Waals surface area contributed by atoms with E-state index in [2.05, 4.69) is 51.5 Å². The number of benzene rings is 2. The van der Waals surface area contributed by atoms with E-state index in [9.17, 15) is 0 Å². The van der Waals surface area contributed by atoms with Gasteiger partial charge in [-0.15, -0.1) is 0 Å². The van der Waals surface area contributed by atoms with Crippen molar-refractivity contribution in [2.45, 2.75) is 20.8 Å². The predicted octanol–water partition coefficient (Wildman–Crippen LogP) is 4.30. The molecule has 102 valence electrons. The van der Waals surface area contributed by atoms with E-state index >= 15 is 0 Å². The molecule has 0 bridgehead atoms. The van der Waals surface area contributed by atoms with Crippen LogP contribution in [0.3, 0.4) is 0 Å². The molecule has 20 heavy (non-hydrogen) atoms. The van der Waals surface area contributed by atoms with Crippen LogP contribution in [0, 0.1) is 20.8 Å². The maximum Gasteiger partial charge on any atom is 0.111 e. The number of nitrogens with two attached hydrogens (primary N) is 1. The molecule has 0 saturated carbocycles. The first-order valence-corrected chi connectivity index (χ1v) is 7.28. The normalized spacial score (nSPS) is 11.2.